The van der Waals surface area contributed by atoms with E-state index in [4.69, 9.17) is 14.8 Å². The summed E-state index contributed by atoms with van der Waals surface area (Å²) in [4.78, 5) is 14.3. The van der Waals surface area contributed by atoms with Crippen LogP contribution in [0.25, 0.3) is 0 Å². The molecule has 24 heavy (non-hydrogen) atoms. The number of hydrogen-bond donors (Lipinski definition) is 1. The molecule has 2 rings (SSSR count). The molecule has 2 aromatic rings. The van der Waals surface area contributed by atoms with Gasteiger partial charge in [0.15, 0.2) is 0 Å². The van der Waals surface area contributed by atoms with E-state index in [1.807, 2.05) is 34.6 Å². The van der Waals surface area contributed by atoms with Gasteiger partial charge in [-0.3, -0.25) is 4.79 Å². The summed E-state index contributed by atoms with van der Waals surface area (Å²) in [6.45, 7) is 10.1. The van der Waals surface area contributed by atoms with Crippen LogP contribution in [0.1, 0.15) is 47.4 Å². The average Bonchev–Trinajstić information content (AvgIpc) is 2.95. The van der Waals surface area contributed by atoms with Gasteiger partial charge in [0.2, 0.25) is 5.91 Å². The Bertz CT molecular complexity index is 606. The van der Waals surface area contributed by atoms with Crippen molar-refractivity contribution in [3.8, 4) is 0 Å². The molecule has 1 amide bonds. The molecule has 0 aliphatic heterocycles. The number of aryl methyl sites for hydroxylation is 4. The molecule has 0 aliphatic rings. The number of nitrogens with zero attached hydrogens (tertiary/aromatic N) is 3. The number of amides is 1. The fourth-order valence-electron chi connectivity index (χ4n) is 2.47. The maximum absolute atomic E-state index is 12.6. The zero-order chi connectivity index (χ0) is 17.1. The molecular weight excluding hydrogens is 332 g/mol. The zero-order valence-corrected chi connectivity index (χ0v) is 15.6. The van der Waals surface area contributed by atoms with Crippen LogP contribution in [0.15, 0.2) is 9.05 Å². The normalized spacial score (nSPS) is 11.9. The Hall–Kier alpha value is -1.86. The number of rotatable bonds is 6. The first-order valence-corrected chi connectivity index (χ1v) is 7.66. The van der Waals surface area contributed by atoms with Gasteiger partial charge in [-0.1, -0.05) is 10.3 Å². The Morgan fingerprint density at radius 3 is 1.75 bits per heavy atom. The monoisotopic (exact) mass is 356 g/mol. The van der Waals surface area contributed by atoms with Crippen LogP contribution in [0.3, 0.4) is 0 Å². The highest BCUT2D eigenvalue weighted by Gasteiger charge is 2.22. The first-order valence-electron chi connectivity index (χ1n) is 7.66. The molecule has 134 valence electrons. The van der Waals surface area contributed by atoms with E-state index >= 15 is 0 Å². The van der Waals surface area contributed by atoms with Crippen LogP contribution in [0.2, 0.25) is 0 Å². The molecule has 1 unspecified atom stereocenters. The van der Waals surface area contributed by atoms with Gasteiger partial charge in [0.05, 0.1) is 24.5 Å². The SMILES string of the molecule is Cc1noc(C)c1CN(Cc1c(C)noc1C)C(=O)CC(C)N.Cl. The predicted octanol–water partition coefficient (Wildman–Crippen LogP) is 2.58. The Balaban J connectivity index is 0.00000288. The lowest BCUT2D eigenvalue weighted by atomic mass is 10.1. The van der Waals surface area contributed by atoms with Gasteiger partial charge in [0.25, 0.3) is 0 Å². The second-order valence-corrected chi connectivity index (χ2v) is 6.04. The van der Waals surface area contributed by atoms with Crippen LogP contribution in [0.4, 0.5) is 0 Å². The smallest absolute Gasteiger partial charge is 0.224 e. The van der Waals surface area contributed by atoms with E-state index in [1.54, 1.807) is 4.90 Å². The summed E-state index contributed by atoms with van der Waals surface area (Å²) in [5, 5.41) is 7.91. The molecule has 0 saturated carbocycles. The van der Waals surface area contributed by atoms with E-state index < -0.39 is 0 Å². The molecule has 0 saturated heterocycles. The first kappa shape index (κ1) is 20.2. The molecule has 2 N–H and O–H groups in total. The van der Waals surface area contributed by atoms with Crippen molar-refractivity contribution in [3.05, 3.63) is 34.0 Å². The summed E-state index contributed by atoms with van der Waals surface area (Å²) < 4.78 is 10.4. The molecule has 8 heteroatoms. The number of carbonyl (C=O) groups is 1. The van der Waals surface area contributed by atoms with E-state index in [1.165, 1.54) is 0 Å². The van der Waals surface area contributed by atoms with Gasteiger partial charge in [-0.15, -0.1) is 12.4 Å². The molecule has 0 bridgehead atoms. The Morgan fingerprint density at radius 1 is 1.04 bits per heavy atom. The Kier molecular flexibility index (Phi) is 6.98. The third-order valence-electron chi connectivity index (χ3n) is 3.91. The molecule has 0 aliphatic carbocycles. The van der Waals surface area contributed by atoms with Crippen LogP contribution in [0, 0.1) is 27.7 Å². The average molecular weight is 357 g/mol. The second-order valence-electron chi connectivity index (χ2n) is 6.04. The number of carbonyl (C=O) groups excluding carboxylic acids is 1. The minimum Gasteiger partial charge on any atom is -0.361 e. The van der Waals surface area contributed by atoms with Crippen molar-refractivity contribution in [2.75, 3.05) is 0 Å². The summed E-state index contributed by atoms with van der Waals surface area (Å²) in [5.74, 6) is 1.43. The molecule has 2 aromatic heterocycles. The maximum atomic E-state index is 12.6. The quantitative estimate of drug-likeness (QED) is 0.854. The molecule has 0 spiro atoms. The zero-order valence-electron chi connectivity index (χ0n) is 14.8. The number of hydrogen-bond acceptors (Lipinski definition) is 6. The van der Waals surface area contributed by atoms with Crippen molar-refractivity contribution in [2.45, 2.75) is 60.2 Å². The summed E-state index contributed by atoms with van der Waals surface area (Å²) in [5.41, 5.74) is 9.22. The van der Waals surface area contributed by atoms with Gasteiger partial charge < -0.3 is 19.7 Å². The molecular formula is C16H25ClN4O3. The fourth-order valence-corrected chi connectivity index (χ4v) is 2.47. The van der Waals surface area contributed by atoms with Crippen molar-refractivity contribution in [2.24, 2.45) is 5.73 Å². The Morgan fingerprint density at radius 2 is 1.46 bits per heavy atom. The van der Waals surface area contributed by atoms with Crippen LogP contribution >= 0.6 is 12.4 Å². The standard InChI is InChI=1S/C16H24N4O3.ClH/c1-9(17)6-16(21)20(7-14-10(2)18-22-12(14)4)8-15-11(3)19-23-13(15)5;/h9H,6-8,17H2,1-5H3;1H. The molecule has 1 atom stereocenters. The predicted molar refractivity (Wildman–Crippen MR) is 91.7 cm³/mol. The lowest BCUT2D eigenvalue weighted by Gasteiger charge is -2.23. The van der Waals surface area contributed by atoms with Crippen molar-refractivity contribution in [1.29, 1.82) is 0 Å². The van der Waals surface area contributed by atoms with Gasteiger partial charge in [0.1, 0.15) is 11.5 Å². The molecule has 0 radical (unpaired) electrons. The lowest BCUT2D eigenvalue weighted by Crippen LogP contribution is -2.34. The van der Waals surface area contributed by atoms with Gasteiger partial charge in [-0.05, 0) is 34.6 Å². The maximum Gasteiger partial charge on any atom is 0.224 e. The fraction of sp³-hybridized carbons (Fsp3) is 0.562. The van der Waals surface area contributed by atoms with Gasteiger partial charge in [-0.2, -0.15) is 0 Å². The van der Waals surface area contributed by atoms with Crippen LogP contribution in [-0.2, 0) is 17.9 Å². The number of nitrogens with two attached hydrogens (primary N) is 1. The largest absolute Gasteiger partial charge is 0.361 e. The van der Waals surface area contributed by atoms with Crippen LogP contribution < -0.4 is 5.73 Å². The number of halogens is 1. The van der Waals surface area contributed by atoms with Crippen LogP contribution in [0.5, 0.6) is 0 Å². The summed E-state index contributed by atoms with van der Waals surface area (Å²) in [7, 11) is 0. The minimum atomic E-state index is -0.195. The third kappa shape index (κ3) is 4.58. The molecule has 0 aromatic carbocycles. The van der Waals surface area contributed by atoms with Crippen molar-refractivity contribution in [3.63, 3.8) is 0 Å². The molecule has 0 fully saturated rings. The van der Waals surface area contributed by atoms with Crippen LogP contribution in [-0.4, -0.2) is 27.2 Å². The lowest BCUT2D eigenvalue weighted by molar-refractivity contribution is -0.132. The van der Waals surface area contributed by atoms with Crippen molar-refractivity contribution in [1.82, 2.24) is 15.2 Å². The summed E-state index contributed by atoms with van der Waals surface area (Å²) >= 11 is 0. The molecule has 2 heterocycles. The second kappa shape index (κ2) is 8.30. The van der Waals surface area contributed by atoms with Gasteiger partial charge >= 0.3 is 0 Å². The highest BCUT2D eigenvalue weighted by molar-refractivity contribution is 5.85. The summed E-state index contributed by atoms with van der Waals surface area (Å²) in [6, 6.07) is -0.195. The molecule has 7 nitrogen and oxygen atoms in total. The minimum absolute atomic E-state index is 0. The van der Waals surface area contributed by atoms with Crippen molar-refractivity contribution >= 4 is 18.3 Å². The van der Waals surface area contributed by atoms with E-state index in [0.717, 1.165) is 34.0 Å². The Labute approximate surface area is 147 Å². The van der Waals surface area contributed by atoms with E-state index in [0.29, 0.717) is 13.1 Å². The number of aromatic nitrogens is 2. The topological polar surface area (TPSA) is 98.4 Å². The van der Waals surface area contributed by atoms with E-state index in [9.17, 15) is 4.79 Å². The van der Waals surface area contributed by atoms with E-state index in [-0.39, 0.29) is 30.8 Å². The third-order valence-corrected chi connectivity index (χ3v) is 3.91. The first-order chi connectivity index (χ1) is 10.8. The van der Waals surface area contributed by atoms with Crippen molar-refractivity contribution < 1.29 is 13.8 Å². The highest BCUT2D eigenvalue weighted by atomic mass is 35.5. The van der Waals surface area contributed by atoms with E-state index in [2.05, 4.69) is 10.3 Å². The van der Waals surface area contributed by atoms with Gasteiger partial charge in [-0.25, -0.2) is 0 Å². The summed E-state index contributed by atoms with van der Waals surface area (Å²) in [6.07, 6.45) is 0.284. The highest BCUT2D eigenvalue weighted by Crippen LogP contribution is 2.20. The van der Waals surface area contributed by atoms with Gasteiger partial charge in [0, 0.05) is 23.6 Å².